The lowest BCUT2D eigenvalue weighted by Crippen LogP contribution is -2.09. The first-order valence-corrected chi connectivity index (χ1v) is 8.47. The average Bonchev–Trinajstić information content (AvgIpc) is 3.03. The minimum Gasteiger partial charge on any atom is -0.507 e. The molecule has 144 valence electrons. The zero-order chi connectivity index (χ0) is 20.4. The number of aromatic nitrogens is 1. The van der Waals surface area contributed by atoms with Crippen LogP contribution in [-0.4, -0.2) is 33.6 Å². The highest BCUT2D eigenvalue weighted by Crippen LogP contribution is 2.34. The molecule has 1 aromatic heterocycles. The minimum absolute atomic E-state index is 0.181. The number of aliphatic carboxylic acids is 1. The molecule has 1 heterocycles. The van der Waals surface area contributed by atoms with Crippen LogP contribution >= 0.6 is 11.6 Å². The van der Waals surface area contributed by atoms with Gasteiger partial charge in [-0.3, -0.25) is 4.79 Å². The topological polar surface area (TPSA) is 88.8 Å². The van der Waals surface area contributed by atoms with Crippen molar-refractivity contribution in [2.45, 2.75) is 6.54 Å². The lowest BCUT2D eigenvalue weighted by atomic mass is 10.1. The highest BCUT2D eigenvalue weighted by molar-refractivity contribution is 6.38. The van der Waals surface area contributed by atoms with E-state index >= 15 is 0 Å². The molecular formula is C20H15ClFNO5. The number of carbonyl (C=O) groups is 2. The molecule has 0 unspecified atom stereocenters. The van der Waals surface area contributed by atoms with E-state index in [1.165, 1.54) is 31.5 Å². The number of hydrogen-bond acceptors (Lipinski definition) is 4. The normalized spacial score (nSPS) is 11.6. The fourth-order valence-electron chi connectivity index (χ4n) is 2.93. The average molecular weight is 404 g/mol. The molecule has 0 aliphatic carbocycles. The van der Waals surface area contributed by atoms with Crippen LogP contribution in [0.1, 0.15) is 11.1 Å². The van der Waals surface area contributed by atoms with E-state index in [9.17, 15) is 19.1 Å². The summed E-state index contributed by atoms with van der Waals surface area (Å²) in [4.78, 5) is 22.2. The van der Waals surface area contributed by atoms with Crippen molar-refractivity contribution in [3.8, 4) is 5.75 Å². The monoisotopic (exact) mass is 403 g/mol. The van der Waals surface area contributed by atoms with Gasteiger partial charge in [-0.15, -0.1) is 0 Å². The van der Waals surface area contributed by atoms with Gasteiger partial charge in [0.05, 0.1) is 18.0 Å². The molecule has 2 aromatic carbocycles. The molecule has 3 rings (SSSR count). The Morgan fingerprint density at radius 1 is 1.25 bits per heavy atom. The van der Waals surface area contributed by atoms with Crippen molar-refractivity contribution in [2.24, 2.45) is 0 Å². The smallest absolute Gasteiger partial charge is 0.376 e. The maximum Gasteiger partial charge on any atom is 0.376 e. The lowest BCUT2D eigenvalue weighted by Gasteiger charge is -2.08. The minimum atomic E-state index is -1.69. The number of nitrogens with zero attached hydrogens (tertiary/aromatic N) is 1. The number of carbonyl (C=O) groups excluding carboxylic acids is 1. The molecule has 0 aliphatic rings. The molecule has 0 atom stereocenters. The molecule has 0 amide bonds. The van der Waals surface area contributed by atoms with Gasteiger partial charge < -0.3 is 19.5 Å². The van der Waals surface area contributed by atoms with Gasteiger partial charge >= 0.3 is 5.97 Å². The van der Waals surface area contributed by atoms with Crippen molar-refractivity contribution in [1.82, 2.24) is 4.57 Å². The van der Waals surface area contributed by atoms with E-state index in [4.69, 9.17) is 21.4 Å². The van der Waals surface area contributed by atoms with E-state index in [1.54, 1.807) is 22.8 Å². The van der Waals surface area contributed by atoms with E-state index < -0.39 is 23.3 Å². The number of halogens is 2. The fourth-order valence-corrected chi connectivity index (χ4v) is 3.10. The third-order valence-electron chi connectivity index (χ3n) is 4.19. The number of carboxylic acids is 1. The second-order valence-electron chi connectivity index (χ2n) is 5.96. The van der Waals surface area contributed by atoms with E-state index in [-0.39, 0.29) is 12.1 Å². The number of hydrogen-bond donors (Lipinski definition) is 2. The van der Waals surface area contributed by atoms with Crippen molar-refractivity contribution in [3.05, 3.63) is 70.6 Å². The molecule has 0 fully saturated rings. The zero-order valence-corrected chi connectivity index (χ0v) is 15.4. The largest absolute Gasteiger partial charge is 0.507 e. The van der Waals surface area contributed by atoms with E-state index in [1.807, 2.05) is 0 Å². The Morgan fingerprint density at radius 2 is 2.00 bits per heavy atom. The maximum absolute atomic E-state index is 13.6. The van der Waals surface area contributed by atoms with Crippen LogP contribution in [0.15, 0.2) is 48.7 Å². The summed E-state index contributed by atoms with van der Waals surface area (Å²) >= 11 is 6.15. The van der Waals surface area contributed by atoms with Crippen molar-refractivity contribution in [2.75, 3.05) is 7.11 Å². The number of methoxy groups -OCH3 is 1. The van der Waals surface area contributed by atoms with Crippen molar-refractivity contribution in [3.63, 3.8) is 0 Å². The predicted molar refractivity (Wildman–Crippen MR) is 102 cm³/mol. The highest BCUT2D eigenvalue weighted by atomic mass is 35.5. The molecule has 0 bridgehead atoms. The Bertz CT molecular complexity index is 1120. The van der Waals surface area contributed by atoms with Crippen LogP contribution in [0.4, 0.5) is 4.39 Å². The summed E-state index contributed by atoms with van der Waals surface area (Å²) < 4.78 is 20.6. The maximum atomic E-state index is 13.6. The van der Waals surface area contributed by atoms with Crippen LogP contribution in [0.2, 0.25) is 5.02 Å². The fraction of sp³-hybridized carbons (Fsp3) is 0.100. The Labute approximate surface area is 164 Å². The summed E-state index contributed by atoms with van der Waals surface area (Å²) in [7, 11) is 1.45. The Kier molecular flexibility index (Phi) is 5.37. The van der Waals surface area contributed by atoms with Gasteiger partial charge in [-0.2, -0.15) is 0 Å². The van der Waals surface area contributed by atoms with Gasteiger partial charge in [0, 0.05) is 29.4 Å². The van der Waals surface area contributed by atoms with Crippen LogP contribution in [-0.2, 0) is 16.1 Å². The molecule has 0 saturated carbocycles. The number of carboxylic acid groups (broad SMARTS) is 1. The molecule has 28 heavy (non-hydrogen) atoms. The van der Waals surface area contributed by atoms with Gasteiger partial charge in [0.1, 0.15) is 17.3 Å². The van der Waals surface area contributed by atoms with Gasteiger partial charge in [0.15, 0.2) is 0 Å². The van der Waals surface area contributed by atoms with Crippen LogP contribution in [0.25, 0.3) is 16.7 Å². The van der Waals surface area contributed by atoms with E-state index in [2.05, 4.69) is 0 Å². The van der Waals surface area contributed by atoms with Crippen LogP contribution < -0.4 is 4.74 Å². The first-order chi connectivity index (χ1) is 13.3. The van der Waals surface area contributed by atoms with Gasteiger partial charge in [-0.1, -0.05) is 17.7 Å². The van der Waals surface area contributed by atoms with Crippen molar-refractivity contribution in [1.29, 1.82) is 0 Å². The van der Waals surface area contributed by atoms with Crippen LogP contribution in [0, 0.1) is 5.82 Å². The second-order valence-corrected chi connectivity index (χ2v) is 6.37. The standard InChI is InChI=1S/C20H15ClFNO5/c1-28-18-4-2-3-15-19(18)13(16(24)8-17(25)20(26)27)10-23(15)9-11-7-12(22)5-6-14(11)21/h2-8,10,24H,9H2,1H3,(H,26,27)/b16-8-. The zero-order valence-electron chi connectivity index (χ0n) is 14.6. The second kappa shape index (κ2) is 7.74. The molecule has 0 saturated heterocycles. The summed E-state index contributed by atoms with van der Waals surface area (Å²) in [6.45, 7) is 0.181. The van der Waals surface area contributed by atoms with Crippen LogP contribution in [0.3, 0.4) is 0 Å². The highest BCUT2D eigenvalue weighted by Gasteiger charge is 2.19. The molecule has 0 aliphatic heterocycles. The summed E-state index contributed by atoms with van der Waals surface area (Å²) in [6, 6.07) is 9.15. The number of fused-ring (bicyclic) bond motifs is 1. The quantitative estimate of drug-likeness (QED) is 0.368. The number of aliphatic hydroxyl groups excluding tert-OH is 1. The predicted octanol–water partition coefficient (Wildman–Crippen LogP) is 4.04. The summed E-state index contributed by atoms with van der Waals surface area (Å²) in [5.74, 6) is -3.50. The molecule has 2 N–H and O–H groups in total. The van der Waals surface area contributed by atoms with Gasteiger partial charge in [0.25, 0.3) is 5.78 Å². The Morgan fingerprint density at radius 3 is 2.68 bits per heavy atom. The number of benzene rings is 2. The molecule has 0 spiro atoms. The first-order valence-electron chi connectivity index (χ1n) is 8.10. The first kappa shape index (κ1) is 19.4. The number of ketones is 1. The Hall–Kier alpha value is -3.32. The molecule has 8 heteroatoms. The molecule has 6 nitrogen and oxygen atoms in total. The Balaban J connectivity index is 2.19. The van der Waals surface area contributed by atoms with Gasteiger partial charge in [0.2, 0.25) is 0 Å². The third-order valence-corrected chi connectivity index (χ3v) is 4.56. The van der Waals surface area contributed by atoms with Crippen molar-refractivity contribution < 1.29 is 28.9 Å². The molecular weight excluding hydrogens is 389 g/mol. The van der Waals surface area contributed by atoms with Gasteiger partial charge in [-0.25, -0.2) is 9.18 Å². The summed E-state index contributed by atoms with van der Waals surface area (Å²) in [5, 5.41) is 20.0. The van der Waals surface area contributed by atoms with Crippen LogP contribution in [0.5, 0.6) is 5.75 Å². The van der Waals surface area contributed by atoms with E-state index in [0.29, 0.717) is 33.3 Å². The SMILES string of the molecule is COc1cccc2c1c(/C(O)=C/C(=O)C(=O)O)cn2Cc1cc(F)ccc1Cl. The summed E-state index contributed by atoms with van der Waals surface area (Å²) in [6.07, 6.45) is 2.15. The number of aliphatic hydroxyl groups is 1. The summed E-state index contributed by atoms with van der Waals surface area (Å²) in [5.41, 5.74) is 1.34. The third kappa shape index (κ3) is 3.70. The number of rotatable bonds is 6. The van der Waals surface area contributed by atoms with Gasteiger partial charge in [-0.05, 0) is 35.9 Å². The lowest BCUT2D eigenvalue weighted by molar-refractivity contribution is -0.146. The van der Waals surface area contributed by atoms with Crippen molar-refractivity contribution >= 4 is 40.0 Å². The number of ether oxygens (including phenoxy) is 1. The molecule has 3 aromatic rings. The van der Waals surface area contributed by atoms with E-state index in [0.717, 1.165) is 0 Å². The molecule has 0 radical (unpaired) electrons.